The Bertz CT molecular complexity index is 926. The molecule has 0 fully saturated rings. The van der Waals surface area contributed by atoms with Crippen LogP contribution in [0.2, 0.25) is 0 Å². The van der Waals surface area contributed by atoms with E-state index >= 15 is 0 Å². The molecule has 0 spiro atoms. The number of fused-ring (bicyclic) bond motifs is 1. The maximum atomic E-state index is 12.9. The number of anilines is 1. The standard InChI is InChI=1S/C18H23N5O2/c1-4-14(11-24)20-18-21-16-15(17(25)22(18)3)23(12(2)19-16)10-13-8-6-5-7-9-13/h5-9,14,24H,4,10-11H2,1-3H3,(H,20,21)/t14-/m1/s1. The highest BCUT2D eigenvalue weighted by atomic mass is 16.3. The summed E-state index contributed by atoms with van der Waals surface area (Å²) in [6, 6.07) is 9.80. The molecule has 0 aliphatic rings. The molecular formula is C18H23N5O2. The van der Waals surface area contributed by atoms with Crippen LogP contribution in [0, 0.1) is 6.92 Å². The topological polar surface area (TPSA) is 85.0 Å². The Kier molecular flexibility index (Phi) is 4.85. The molecule has 132 valence electrons. The van der Waals surface area contributed by atoms with Crippen LogP contribution in [0.4, 0.5) is 5.95 Å². The third-order valence-corrected chi connectivity index (χ3v) is 4.41. The monoisotopic (exact) mass is 341 g/mol. The van der Waals surface area contributed by atoms with Crippen LogP contribution >= 0.6 is 0 Å². The summed E-state index contributed by atoms with van der Waals surface area (Å²) >= 11 is 0. The number of hydrogen-bond donors (Lipinski definition) is 2. The van der Waals surface area contributed by atoms with Gasteiger partial charge in [-0.15, -0.1) is 0 Å². The molecule has 7 heteroatoms. The molecular weight excluding hydrogens is 318 g/mol. The van der Waals surface area contributed by atoms with Gasteiger partial charge in [0.1, 0.15) is 5.82 Å². The SMILES string of the molecule is CC[C@H](CO)Nc1nc2nc(C)n(Cc3ccccc3)c2c(=O)n1C. The van der Waals surface area contributed by atoms with Crippen molar-refractivity contribution in [2.75, 3.05) is 11.9 Å². The lowest BCUT2D eigenvalue weighted by Crippen LogP contribution is -2.30. The molecule has 2 heterocycles. The van der Waals surface area contributed by atoms with Crippen LogP contribution in [0.1, 0.15) is 24.7 Å². The zero-order valence-electron chi connectivity index (χ0n) is 14.7. The highest BCUT2D eigenvalue weighted by Gasteiger charge is 2.18. The normalized spacial score (nSPS) is 12.5. The Hall–Kier alpha value is -2.67. The quantitative estimate of drug-likeness (QED) is 0.712. The minimum atomic E-state index is -0.156. The Morgan fingerprint density at radius 3 is 2.60 bits per heavy atom. The number of aliphatic hydroxyl groups excluding tert-OH is 1. The molecule has 2 aromatic heterocycles. The van der Waals surface area contributed by atoms with E-state index in [0.29, 0.717) is 23.7 Å². The molecule has 0 radical (unpaired) electrons. The van der Waals surface area contributed by atoms with Crippen molar-refractivity contribution in [1.29, 1.82) is 0 Å². The summed E-state index contributed by atoms with van der Waals surface area (Å²) in [5, 5.41) is 12.5. The number of rotatable bonds is 6. The smallest absolute Gasteiger partial charge is 0.280 e. The van der Waals surface area contributed by atoms with Gasteiger partial charge in [-0.05, 0) is 18.9 Å². The van der Waals surface area contributed by atoms with Crippen molar-refractivity contribution in [1.82, 2.24) is 19.1 Å². The second-order valence-electron chi connectivity index (χ2n) is 6.13. The zero-order chi connectivity index (χ0) is 18.0. The number of nitrogens with zero attached hydrogens (tertiary/aromatic N) is 4. The van der Waals surface area contributed by atoms with Crippen molar-refractivity contribution in [2.45, 2.75) is 32.9 Å². The highest BCUT2D eigenvalue weighted by Crippen LogP contribution is 2.15. The van der Waals surface area contributed by atoms with Gasteiger partial charge in [-0.2, -0.15) is 4.98 Å². The molecule has 25 heavy (non-hydrogen) atoms. The number of aryl methyl sites for hydroxylation is 1. The van der Waals surface area contributed by atoms with Crippen LogP contribution in [0.15, 0.2) is 35.1 Å². The van der Waals surface area contributed by atoms with Crippen LogP contribution in [-0.2, 0) is 13.6 Å². The Labute approximate surface area is 146 Å². The first-order valence-electron chi connectivity index (χ1n) is 8.40. The molecule has 1 atom stereocenters. The van der Waals surface area contributed by atoms with Gasteiger partial charge in [-0.1, -0.05) is 37.3 Å². The lowest BCUT2D eigenvalue weighted by molar-refractivity contribution is 0.271. The van der Waals surface area contributed by atoms with Crippen molar-refractivity contribution in [3.05, 3.63) is 52.1 Å². The van der Waals surface area contributed by atoms with Crippen LogP contribution < -0.4 is 10.9 Å². The van der Waals surface area contributed by atoms with E-state index in [4.69, 9.17) is 0 Å². The first-order valence-corrected chi connectivity index (χ1v) is 8.40. The first kappa shape index (κ1) is 17.2. The van der Waals surface area contributed by atoms with Gasteiger partial charge in [0.05, 0.1) is 12.6 Å². The molecule has 0 saturated heterocycles. The Morgan fingerprint density at radius 2 is 1.96 bits per heavy atom. The molecule has 3 rings (SSSR count). The minimum Gasteiger partial charge on any atom is -0.394 e. The Balaban J connectivity index is 2.08. The van der Waals surface area contributed by atoms with E-state index < -0.39 is 0 Å². The zero-order valence-corrected chi connectivity index (χ0v) is 14.7. The molecule has 7 nitrogen and oxygen atoms in total. The van der Waals surface area contributed by atoms with E-state index in [-0.39, 0.29) is 18.2 Å². The number of imidazole rings is 1. The van der Waals surface area contributed by atoms with Gasteiger partial charge in [0.25, 0.3) is 5.56 Å². The molecule has 0 aliphatic carbocycles. The van der Waals surface area contributed by atoms with Crippen LogP contribution in [0.5, 0.6) is 0 Å². The van der Waals surface area contributed by atoms with E-state index in [1.807, 2.05) is 48.7 Å². The number of nitrogens with one attached hydrogen (secondary N) is 1. The van der Waals surface area contributed by atoms with Crippen molar-refractivity contribution in [3.63, 3.8) is 0 Å². The van der Waals surface area contributed by atoms with Gasteiger partial charge in [-0.25, -0.2) is 4.98 Å². The van der Waals surface area contributed by atoms with Crippen molar-refractivity contribution >= 4 is 17.1 Å². The number of aromatic nitrogens is 4. The molecule has 2 N–H and O–H groups in total. The number of aliphatic hydroxyl groups is 1. The van der Waals surface area contributed by atoms with Crippen molar-refractivity contribution < 1.29 is 5.11 Å². The summed E-state index contributed by atoms with van der Waals surface area (Å²) < 4.78 is 3.37. The average Bonchev–Trinajstić information content (AvgIpc) is 2.93. The van der Waals surface area contributed by atoms with E-state index in [2.05, 4.69) is 15.3 Å². The molecule has 1 aromatic carbocycles. The largest absolute Gasteiger partial charge is 0.394 e. The minimum absolute atomic E-state index is 0.0219. The fourth-order valence-corrected chi connectivity index (χ4v) is 2.82. The predicted molar refractivity (Wildman–Crippen MR) is 97.8 cm³/mol. The van der Waals surface area contributed by atoms with Gasteiger partial charge in [0.2, 0.25) is 5.95 Å². The first-order chi connectivity index (χ1) is 12.0. The molecule has 0 amide bonds. The van der Waals surface area contributed by atoms with Crippen molar-refractivity contribution in [2.24, 2.45) is 7.05 Å². The summed E-state index contributed by atoms with van der Waals surface area (Å²) in [7, 11) is 1.68. The third-order valence-electron chi connectivity index (χ3n) is 4.41. The predicted octanol–water partition coefficient (Wildman–Crippen LogP) is 1.67. The van der Waals surface area contributed by atoms with Crippen LogP contribution in [-0.4, -0.2) is 36.9 Å². The maximum Gasteiger partial charge on any atom is 0.280 e. The average molecular weight is 341 g/mol. The second-order valence-corrected chi connectivity index (χ2v) is 6.13. The van der Waals surface area contributed by atoms with Gasteiger partial charge in [-0.3, -0.25) is 9.36 Å². The molecule has 3 aromatic rings. The molecule has 0 unspecified atom stereocenters. The maximum absolute atomic E-state index is 12.9. The fraction of sp³-hybridized carbons (Fsp3) is 0.389. The fourth-order valence-electron chi connectivity index (χ4n) is 2.82. The third kappa shape index (κ3) is 3.28. The van der Waals surface area contributed by atoms with Gasteiger partial charge in [0.15, 0.2) is 11.2 Å². The summed E-state index contributed by atoms with van der Waals surface area (Å²) in [4.78, 5) is 21.9. The van der Waals surface area contributed by atoms with Crippen LogP contribution in [0.3, 0.4) is 0 Å². The highest BCUT2D eigenvalue weighted by molar-refractivity contribution is 5.72. The van der Waals surface area contributed by atoms with E-state index in [1.54, 1.807) is 7.05 Å². The van der Waals surface area contributed by atoms with E-state index in [9.17, 15) is 9.90 Å². The van der Waals surface area contributed by atoms with Crippen LogP contribution in [0.25, 0.3) is 11.2 Å². The summed E-state index contributed by atoms with van der Waals surface area (Å²) in [6.45, 7) is 4.38. The molecule has 0 saturated carbocycles. The second kappa shape index (κ2) is 7.06. The van der Waals surface area contributed by atoms with Crippen molar-refractivity contribution in [3.8, 4) is 0 Å². The molecule has 0 aliphatic heterocycles. The van der Waals surface area contributed by atoms with Gasteiger partial charge < -0.3 is 15.0 Å². The van der Waals surface area contributed by atoms with Gasteiger partial charge in [0, 0.05) is 13.6 Å². The van der Waals surface area contributed by atoms with E-state index in [0.717, 1.165) is 17.8 Å². The molecule has 0 bridgehead atoms. The summed E-state index contributed by atoms with van der Waals surface area (Å²) in [6.07, 6.45) is 0.728. The van der Waals surface area contributed by atoms with Gasteiger partial charge >= 0.3 is 0 Å². The number of hydrogen-bond acceptors (Lipinski definition) is 5. The lowest BCUT2D eigenvalue weighted by atomic mass is 10.2. The Morgan fingerprint density at radius 1 is 1.24 bits per heavy atom. The van der Waals surface area contributed by atoms with E-state index in [1.165, 1.54) is 4.57 Å². The number of benzene rings is 1. The summed E-state index contributed by atoms with van der Waals surface area (Å²) in [5.41, 5.74) is 1.86. The summed E-state index contributed by atoms with van der Waals surface area (Å²) in [5.74, 6) is 1.16. The lowest BCUT2D eigenvalue weighted by Gasteiger charge is -2.16.